The van der Waals surface area contributed by atoms with Crippen LogP contribution in [-0.4, -0.2) is 28.9 Å². The Hall–Kier alpha value is -1.95. The van der Waals surface area contributed by atoms with Crippen LogP contribution in [0.4, 0.5) is 0 Å². The van der Waals surface area contributed by atoms with E-state index in [0.717, 1.165) is 13.0 Å². The fourth-order valence-corrected chi connectivity index (χ4v) is 3.68. The van der Waals surface area contributed by atoms with Crippen molar-refractivity contribution >= 4 is 29.5 Å². The first-order valence-electron chi connectivity index (χ1n) is 12.0. The van der Waals surface area contributed by atoms with E-state index in [-0.39, 0.29) is 5.56 Å². The Morgan fingerprint density at radius 1 is 0.903 bits per heavy atom. The van der Waals surface area contributed by atoms with E-state index in [1.165, 1.54) is 89.7 Å². The minimum atomic E-state index is -0.972. The van der Waals surface area contributed by atoms with Crippen molar-refractivity contribution < 1.29 is 9.90 Å². The SMILES string of the molecule is CCCCCCCCCCCCCCCCNC(=S)N/N=C\c1ccccc1C(=O)O. The molecule has 0 aliphatic rings. The summed E-state index contributed by atoms with van der Waals surface area (Å²) < 4.78 is 0. The molecule has 0 aliphatic heterocycles. The summed E-state index contributed by atoms with van der Waals surface area (Å²) in [4.78, 5) is 11.2. The molecule has 0 atom stereocenters. The van der Waals surface area contributed by atoms with Gasteiger partial charge in [-0.25, -0.2) is 4.79 Å². The van der Waals surface area contributed by atoms with Gasteiger partial charge < -0.3 is 10.4 Å². The van der Waals surface area contributed by atoms with Crippen molar-refractivity contribution in [2.75, 3.05) is 6.54 Å². The molecule has 0 saturated carbocycles. The molecule has 0 spiro atoms. The summed E-state index contributed by atoms with van der Waals surface area (Å²) >= 11 is 5.20. The summed E-state index contributed by atoms with van der Waals surface area (Å²) in [6.07, 6.45) is 20.3. The molecule has 1 aromatic carbocycles. The third-order valence-electron chi connectivity index (χ3n) is 5.38. The van der Waals surface area contributed by atoms with Crippen molar-refractivity contribution in [3.8, 4) is 0 Å². The summed E-state index contributed by atoms with van der Waals surface area (Å²) in [6, 6.07) is 6.73. The Labute approximate surface area is 194 Å². The van der Waals surface area contributed by atoms with Crippen LogP contribution in [0.2, 0.25) is 0 Å². The average Bonchev–Trinajstić information content (AvgIpc) is 2.76. The molecule has 6 heteroatoms. The molecular formula is C25H41N3O2S. The summed E-state index contributed by atoms with van der Waals surface area (Å²) in [6.45, 7) is 3.09. The third-order valence-corrected chi connectivity index (χ3v) is 5.61. The predicted molar refractivity (Wildman–Crippen MR) is 135 cm³/mol. The monoisotopic (exact) mass is 447 g/mol. The van der Waals surface area contributed by atoms with Crippen LogP contribution in [-0.2, 0) is 0 Å². The van der Waals surface area contributed by atoms with Crippen molar-refractivity contribution in [2.24, 2.45) is 5.10 Å². The summed E-state index contributed by atoms with van der Waals surface area (Å²) in [7, 11) is 0. The van der Waals surface area contributed by atoms with Gasteiger partial charge in [-0.3, -0.25) is 5.43 Å². The van der Waals surface area contributed by atoms with Gasteiger partial charge in [0.2, 0.25) is 0 Å². The second-order valence-electron chi connectivity index (χ2n) is 8.11. The second-order valence-corrected chi connectivity index (χ2v) is 8.52. The molecule has 31 heavy (non-hydrogen) atoms. The van der Waals surface area contributed by atoms with Crippen LogP contribution in [0.3, 0.4) is 0 Å². The Bertz CT molecular complexity index is 649. The Balaban J connectivity index is 1.93. The topological polar surface area (TPSA) is 73.7 Å². The molecule has 0 saturated heterocycles. The lowest BCUT2D eigenvalue weighted by Gasteiger charge is -2.07. The first kappa shape index (κ1) is 27.1. The number of aromatic carboxylic acids is 1. The molecule has 174 valence electrons. The van der Waals surface area contributed by atoms with Gasteiger partial charge in [0.1, 0.15) is 0 Å². The number of carboxylic acid groups (broad SMARTS) is 1. The molecule has 0 heterocycles. The molecule has 1 rings (SSSR count). The summed E-state index contributed by atoms with van der Waals surface area (Å²) in [5, 5.41) is 16.8. The van der Waals surface area contributed by atoms with E-state index in [9.17, 15) is 4.79 Å². The van der Waals surface area contributed by atoms with Gasteiger partial charge in [0.05, 0.1) is 11.8 Å². The molecule has 3 N–H and O–H groups in total. The quantitative estimate of drug-likeness (QED) is 0.101. The predicted octanol–water partition coefficient (Wildman–Crippen LogP) is 6.66. The van der Waals surface area contributed by atoms with Crippen molar-refractivity contribution in [3.63, 3.8) is 0 Å². The Kier molecular flexibility index (Phi) is 16.4. The lowest BCUT2D eigenvalue weighted by Crippen LogP contribution is -2.32. The highest BCUT2D eigenvalue weighted by atomic mass is 32.1. The molecule has 0 amide bonds. The third kappa shape index (κ3) is 14.6. The van der Waals surface area contributed by atoms with Gasteiger partial charge in [0.15, 0.2) is 5.11 Å². The maximum Gasteiger partial charge on any atom is 0.336 e. The number of nitrogens with zero attached hydrogens (tertiary/aromatic N) is 1. The van der Waals surface area contributed by atoms with E-state index in [2.05, 4.69) is 22.8 Å². The Morgan fingerprint density at radius 3 is 1.97 bits per heavy atom. The first-order valence-corrected chi connectivity index (χ1v) is 12.4. The van der Waals surface area contributed by atoms with Gasteiger partial charge in [-0.1, -0.05) is 109 Å². The standard InChI is InChI=1S/C25H41N3O2S/c1-2-3-4-5-6-7-8-9-10-11-12-13-14-17-20-26-25(31)28-27-21-22-18-15-16-19-23(22)24(29)30/h15-16,18-19,21H,2-14,17,20H2,1H3,(H,29,30)(H2,26,28,31)/b27-21-. The Morgan fingerprint density at radius 2 is 1.42 bits per heavy atom. The van der Waals surface area contributed by atoms with Crippen LogP contribution in [0, 0.1) is 0 Å². The molecular weight excluding hydrogens is 406 g/mol. The number of carbonyl (C=O) groups is 1. The van der Waals surface area contributed by atoms with Crippen molar-refractivity contribution in [2.45, 2.75) is 96.8 Å². The van der Waals surface area contributed by atoms with Gasteiger partial charge in [0, 0.05) is 12.1 Å². The summed E-state index contributed by atoms with van der Waals surface area (Å²) in [5.41, 5.74) is 3.50. The molecule has 0 radical (unpaired) electrons. The molecule has 5 nitrogen and oxygen atoms in total. The lowest BCUT2D eigenvalue weighted by molar-refractivity contribution is 0.0696. The van der Waals surface area contributed by atoms with Crippen molar-refractivity contribution in [1.29, 1.82) is 0 Å². The number of benzene rings is 1. The maximum absolute atomic E-state index is 11.2. The molecule has 0 aromatic heterocycles. The number of rotatable bonds is 18. The number of thiocarbonyl (C=S) groups is 1. The van der Waals surface area contributed by atoms with Crippen LogP contribution < -0.4 is 10.7 Å². The van der Waals surface area contributed by atoms with Crippen LogP contribution in [0.15, 0.2) is 29.4 Å². The van der Waals surface area contributed by atoms with E-state index < -0.39 is 5.97 Å². The molecule has 0 bridgehead atoms. The van der Waals surface area contributed by atoms with E-state index in [0.29, 0.717) is 10.7 Å². The van der Waals surface area contributed by atoms with Gasteiger partial charge >= 0.3 is 5.97 Å². The van der Waals surface area contributed by atoms with Crippen LogP contribution >= 0.6 is 12.2 Å². The number of hydrogen-bond donors (Lipinski definition) is 3. The van der Waals surface area contributed by atoms with Crippen LogP contribution in [0.25, 0.3) is 0 Å². The summed E-state index contributed by atoms with van der Waals surface area (Å²) in [5.74, 6) is -0.972. The minimum Gasteiger partial charge on any atom is -0.478 e. The number of hydrogen-bond acceptors (Lipinski definition) is 3. The zero-order chi connectivity index (χ0) is 22.6. The van der Waals surface area contributed by atoms with Gasteiger partial charge in [0.25, 0.3) is 0 Å². The minimum absolute atomic E-state index is 0.217. The average molecular weight is 448 g/mol. The van der Waals surface area contributed by atoms with Crippen molar-refractivity contribution in [3.05, 3.63) is 35.4 Å². The highest BCUT2D eigenvalue weighted by Gasteiger charge is 2.06. The normalized spacial score (nSPS) is 11.0. The molecule has 1 aromatic rings. The smallest absolute Gasteiger partial charge is 0.336 e. The fraction of sp³-hybridized carbons (Fsp3) is 0.640. The lowest BCUT2D eigenvalue weighted by atomic mass is 10.0. The van der Waals surface area contributed by atoms with E-state index >= 15 is 0 Å². The van der Waals surface area contributed by atoms with E-state index in [4.69, 9.17) is 17.3 Å². The number of nitrogens with one attached hydrogen (secondary N) is 2. The van der Waals surface area contributed by atoms with E-state index in [1.54, 1.807) is 24.3 Å². The molecule has 0 unspecified atom stereocenters. The van der Waals surface area contributed by atoms with Crippen molar-refractivity contribution in [1.82, 2.24) is 10.7 Å². The van der Waals surface area contributed by atoms with Gasteiger partial charge in [-0.05, 0) is 24.7 Å². The second kappa shape index (κ2) is 18.8. The highest BCUT2D eigenvalue weighted by Crippen LogP contribution is 2.12. The zero-order valence-corrected chi connectivity index (χ0v) is 20.0. The number of hydrazone groups is 1. The first-order chi connectivity index (χ1) is 15.1. The zero-order valence-electron chi connectivity index (χ0n) is 19.2. The maximum atomic E-state index is 11.2. The number of unbranched alkanes of at least 4 members (excludes halogenated alkanes) is 13. The van der Waals surface area contributed by atoms with Gasteiger partial charge in [-0.15, -0.1) is 0 Å². The largest absolute Gasteiger partial charge is 0.478 e. The molecule has 0 fully saturated rings. The fourth-order valence-electron chi connectivity index (χ4n) is 3.53. The van der Waals surface area contributed by atoms with E-state index in [1.807, 2.05) is 0 Å². The van der Waals surface area contributed by atoms with Gasteiger partial charge in [-0.2, -0.15) is 5.10 Å². The van der Waals surface area contributed by atoms with Crippen LogP contribution in [0.5, 0.6) is 0 Å². The molecule has 0 aliphatic carbocycles. The highest BCUT2D eigenvalue weighted by molar-refractivity contribution is 7.80. The number of carboxylic acids is 1. The van der Waals surface area contributed by atoms with Crippen LogP contribution in [0.1, 0.15) is 113 Å².